The van der Waals surface area contributed by atoms with Crippen LogP contribution >= 0.6 is 23.2 Å². The zero-order valence-corrected chi connectivity index (χ0v) is 6.60. The average Bonchev–Trinajstić information content (AvgIpc) is 1.88. The van der Waals surface area contributed by atoms with Crippen LogP contribution in [-0.2, 0) is 0 Å². The molecule has 0 spiro atoms. The molecule has 0 saturated heterocycles. The Hall–Kier alpha value is -0.530. The second-order valence-electron chi connectivity index (χ2n) is 1.71. The van der Waals surface area contributed by atoms with Gasteiger partial charge in [0.05, 0.1) is 0 Å². The minimum Gasteiger partial charge on any atom is -0.265 e. The summed E-state index contributed by atoms with van der Waals surface area (Å²) >= 11 is 10.8. The van der Waals surface area contributed by atoms with Crippen LogP contribution in [0, 0.1) is 0 Å². The first-order valence-electron chi connectivity index (χ1n) is 2.72. The van der Waals surface area contributed by atoms with Crippen molar-refractivity contribution in [3.05, 3.63) is 34.6 Å². The van der Waals surface area contributed by atoms with Crippen molar-refractivity contribution in [2.45, 2.75) is 0 Å². The molecule has 0 N–H and O–H groups in total. The number of halogens is 2. The Morgan fingerprint density at radius 2 is 1.90 bits per heavy atom. The molecule has 52 valence electrons. The fraction of sp³-hybridized carbons (Fsp3) is 0. The lowest BCUT2D eigenvalue weighted by molar-refractivity contribution is 1.32. The number of pyridine rings is 1. The molecule has 0 saturated carbocycles. The van der Waals surface area contributed by atoms with Gasteiger partial charge in [-0.3, -0.25) is 4.98 Å². The third kappa shape index (κ3) is 2.38. The molecule has 0 bridgehead atoms. The van der Waals surface area contributed by atoms with Crippen LogP contribution < -0.4 is 0 Å². The van der Waals surface area contributed by atoms with Gasteiger partial charge in [0.1, 0.15) is 4.49 Å². The van der Waals surface area contributed by atoms with E-state index in [1.807, 2.05) is 12.1 Å². The summed E-state index contributed by atoms with van der Waals surface area (Å²) in [6.45, 7) is 0. The molecular weight excluding hydrogens is 169 g/mol. The van der Waals surface area contributed by atoms with Crippen LogP contribution in [0.1, 0.15) is 5.56 Å². The van der Waals surface area contributed by atoms with E-state index in [-0.39, 0.29) is 4.49 Å². The normalized spacial score (nSPS) is 9.00. The zero-order valence-electron chi connectivity index (χ0n) is 5.09. The summed E-state index contributed by atoms with van der Waals surface area (Å²) in [5.74, 6) is 0. The highest BCUT2D eigenvalue weighted by molar-refractivity contribution is 6.57. The van der Waals surface area contributed by atoms with Crippen LogP contribution in [0.2, 0.25) is 0 Å². The predicted octanol–water partition coefficient (Wildman–Crippen LogP) is 2.86. The monoisotopic (exact) mass is 173 g/mol. The molecule has 0 radical (unpaired) electrons. The molecule has 1 aromatic rings. The Bertz CT molecular complexity index is 227. The average molecular weight is 174 g/mol. The van der Waals surface area contributed by atoms with Gasteiger partial charge in [-0.1, -0.05) is 23.2 Å². The van der Waals surface area contributed by atoms with Gasteiger partial charge in [0, 0.05) is 12.4 Å². The summed E-state index contributed by atoms with van der Waals surface area (Å²) < 4.78 is 0.256. The van der Waals surface area contributed by atoms with Crippen LogP contribution in [0.5, 0.6) is 0 Å². The summed E-state index contributed by atoms with van der Waals surface area (Å²) in [6, 6.07) is 3.65. The number of aromatic nitrogens is 1. The standard InChI is InChI=1S/C7H5Cl2N/c8-7(9)5-6-1-3-10-4-2-6/h1-5H. The van der Waals surface area contributed by atoms with Crippen LogP contribution in [-0.4, -0.2) is 4.98 Å². The lowest BCUT2D eigenvalue weighted by Gasteiger charge is -1.88. The van der Waals surface area contributed by atoms with Gasteiger partial charge in [-0.05, 0) is 23.8 Å². The van der Waals surface area contributed by atoms with Crippen LogP contribution in [0.3, 0.4) is 0 Å². The number of rotatable bonds is 1. The Kier molecular flexibility index (Phi) is 2.72. The van der Waals surface area contributed by atoms with E-state index in [9.17, 15) is 0 Å². The van der Waals surface area contributed by atoms with E-state index in [0.717, 1.165) is 5.56 Å². The van der Waals surface area contributed by atoms with E-state index in [4.69, 9.17) is 23.2 Å². The second kappa shape index (κ2) is 3.59. The number of hydrogen-bond acceptors (Lipinski definition) is 1. The Labute approximate surface area is 69.3 Å². The molecule has 0 fully saturated rings. The van der Waals surface area contributed by atoms with E-state index in [0.29, 0.717) is 0 Å². The van der Waals surface area contributed by atoms with Crippen molar-refractivity contribution in [1.29, 1.82) is 0 Å². The van der Waals surface area contributed by atoms with Crippen molar-refractivity contribution < 1.29 is 0 Å². The maximum absolute atomic E-state index is 5.42. The Morgan fingerprint density at radius 3 is 2.40 bits per heavy atom. The molecule has 1 rings (SSSR count). The highest BCUT2D eigenvalue weighted by Crippen LogP contribution is 2.12. The fourth-order valence-corrected chi connectivity index (χ4v) is 0.838. The van der Waals surface area contributed by atoms with Gasteiger partial charge in [-0.2, -0.15) is 0 Å². The van der Waals surface area contributed by atoms with E-state index in [1.54, 1.807) is 18.5 Å². The van der Waals surface area contributed by atoms with Gasteiger partial charge in [0.15, 0.2) is 0 Å². The predicted molar refractivity (Wildman–Crippen MR) is 43.9 cm³/mol. The largest absolute Gasteiger partial charge is 0.265 e. The van der Waals surface area contributed by atoms with Crippen LogP contribution in [0.25, 0.3) is 6.08 Å². The van der Waals surface area contributed by atoms with E-state index in [1.165, 1.54) is 0 Å². The van der Waals surface area contributed by atoms with E-state index >= 15 is 0 Å². The van der Waals surface area contributed by atoms with Gasteiger partial charge in [0.2, 0.25) is 0 Å². The molecule has 0 atom stereocenters. The minimum atomic E-state index is 0.256. The molecule has 1 aromatic heterocycles. The first-order valence-corrected chi connectivity index (χ1v) is 3.47. The van der Waals surface area contributed by atoms with Gasteiger partial charge in [-0.25, -0.2) is 0 Å². The SMILES string of the molecule is ClC(Cl)=Cc1ccncc1. The molecule has 0 aliphatic heterocycles. The molecule has 3 heteroatoms. The quantitative estimate of drug-likeness (QED) is 0.637. The number of nitrogens with zero attached hydrogens (tertiary/aromatic N) is 1. The highest BCUT2D eigenvalue weighted by atomic mass is 35.5. The Balaban J connectivity index is 2.87. The molecule has 0 aromatic carbocycles. The molecule has 10 heavy (non-hydrogen) atoms. The van der Waals surface area contributed by atoms with Gasteiger partial charge >= 0.3 is 0 Å². The topological polar surface area (TPSA) is 12.9 Å². The van der Waals surface area contributed by atoms with E-state index in [2.05, 4.69) is 4.98 Å². The van der Waals surface area contributed by atoms with Crippen molar-refractivity contribution in [3.63, 3.8) is 0 Å². The highest BCUT2D eigenvalue weighted by Gasteiger charge is 1.85. The summed E-state index contributed by atoms with van der Waals surface area (Å²) in [5.41, 5.74) is 0.954. The third-order valence-electron chi connectivity index (χ3n) is 0.982. The summed E-state index contributed by atoms with van der Waals surface area (Å²) in [7, 11) is 0. The van der Waals surface area contributed by atoms with Gasteiger partial charge < -0.3 is 0 Å². The molecule has 0 unspecified atom stereocenters. The maximum atomic E-state index is 5.42. The van der Waals surface area contributed by atoms with E-state index < -0.39 is 0 Å². The smallest absolute Gasteiger partial charge is 0.107 e. The summed E-state index contributed by atoms with van der Waals surface area (Å²) in [6.07, 6.45) is 5.02. The van der Waals surface area contributed by atoms with Crippen molar-refractivity contribution >= 4 is 29.3 Å². The molecular formula is C7H5Cl2N. The molecule has 0 amide bonds. The Morgan fingerprint density at radius 1 is 1.30 bits per heavy atom. The van der Waals surface area contributed by atoms with Crippen LogP contribution in [0.15, 0.2) is 29.0 Å². The third-order valence-corrected chi connectivity index (χ3v) is 1.20. The lowest BCUT2D eigenvalue weighted by Crippen LogP contribution is -1.71. The molecule has 1 heterocycles. The molecule has 1 nitrogen and oxygen atoms in total. The van der Waals surface area contributed by atoms with Crippen molar-refractivity contribution in [2.75, 3.05) is 0 Å². The summed E-state index contributed by atoms with van der Waals surface area (Å²) in [5, 5.41) is 0. The first kappa shape index (κ1) is 7.58. The lowest BCUT2D eigenvalue weighted by atomic mass is 10.3. The number of hydrogen-bond donors (Lipinski definition) is 0. The van der Waals surface area contributed by atoms with Crippen molar-refractivity contribution in [1.82, 2.24) is 4.98 Å². The van der Waals surface area contributed by atoms with Crippen molar-refractivity contribution in [2.24, 2.45) is 0 Å². The van der Waals surface area contributed by atoms with Gasteiger partial charge in [0.25, 0.3) is 0 Å². The minimum absolute atomic E-state index is 0.256. The van der Waals surface area contributed by atoms with Crippen LogP contribution in [0.4, 0.5) is 0 Å². The summed E-state index contributed by atoms with van der Waals surface area (Å²) in [4.78, 5) is 3.84. The second-order valence-corrected chi connectivity index (χ2v) is 2.72. The maximum Gasteiger partial charge on any atom is 0.107 e. The first-order chi connectivity index (χ1) is 4.79. The van der Waals surface area contributed by atoms with Crippen molar-refractivity contribution in [3.8, 4) is 0 Å². The zero-order chi connectivity index (χ0) is 7.40. The molecule has 0 aliphatic carbocycles. The van der Waals surface area contributed by atoms with Gasteiger partial charge in [-0.15, -0.1) is 0 Å². The molecule has 0 aliphatic rings. The fourth-order valence-electron chi connectivity index (χ4n) is 0.586.